The molecule has 1 aliphatic heterocycles. The van der Waals surface area contributed by atoms with Crippen LogP contribution < -0.4 is 20.1 Å². The normalized spacial score (nSPS) is 16.3. The molecule has 0 spiro atoms. The molecular formula is C18H26F2N2O4. The molecule has 1 aromatic rings. The highest BCUT2D eigenvalue weighted by molar-refractivity contribution is 5.85. The van der Waals surface area contributed by atoms with Crippen LogP contribution >= 0.6 is 0 Å². The van der Waals surface area contributed by atoms with Crippen molar-refractivity contribution in [3.8, 4) is 11.5 Å². The van der Waals surface area contributed by atoms with Crippen LogP contribution in [0.4, 0.5) is 8.78 Å². The molecule has 6 nitrogen and oxygen atoms in total. The van der Waals surface area contributed by atoms with Crippen molar-refractivity contribution in [3.05, 3.63) is 23.8 Å². The number of benzene rings is 1. The quantitative estimate of drug-likeness (QED) is 0.697. The molecule has 1 aromatic carbocycles. The van der Waals surface area contributed by atoms with Gasteiger partial charge >= 0.3 is 6.61 Å². The summed E-state index contributed by atoms with van der Waals surface area (Å²) in [6, 6.07) is 4.71. The molecule has 146 valence electrons. The summed E-state index contributed by atoms with van der Waals surface area (Å²) >= 11 is 0. The molecule has 0 unspecified atom stereocenters. The summed E-state index contributed by atoms with van der Waals surface area (Å²) in [6.45, 7) is 0.907. The van der Waals surface area contributed by atoms with E-state index in [1.54, 1.807) is 12.1 Å². The van der Waals surface area contributed by atoms with Crippen molar-refractivity contribution in [2.24, 2.45) is 0 Å². The van der Waals surface area contributed by atoms with Crippen LogP contribution in [0.5, 0.6) is 11.5 Å². The highest BCUT2D eigenvalue weighted by Gasteiger charge is 2.39. The van der Waals surface area contributed by atoms with Gasteiger partial charge in [0.25, 0.3) is 5.91 Å². The van der Waals surface area contributed by atoms with Crippen LogP contribution in [-0.4, -0.2) is 44.9 Å². The maximum absolute atomic E-state index is 12.7. The highest BCUT2D eigenvalue weighted by atomic mass is 19.3. The average Bonchev–Trinajstić information content (AvgIpc) is 2.65. The van der Waals surface area contributed by atoms with Crippen molar-refractivity contribution < 1.29 is 27.8 Å². The standard InChI is InChI=1S/C18H26F2N2O4/c1-3-10-25-14-5-4-13(15(11-14)26-17(19)20)12-22-16(23)18(24-2)6-8-21-9-7-18/h4-5,11,17,21H,3,6-10,12H2,1-2H3,(H,22,23). The highest BCUT2D eigenvalue weighted by Crippen LogP contribution is 2.28. The molecule has 0 radical (unpaired) electrons. The Bertz CT molecular complexity index is 593. The minimum absolute atomic E-state index is 0.00863. The maximum atomic E-state index is 12.7. The molecule has 1 heterocycles. The Morgan fingerprint density at radius 3 is 2.69 bits per heavy atom. The van der Waals surface area contributed by atoms with Crippen LogP contribution in [0.1, 0.15) is 31.7 Å². The van der Waals surface area contributed by atoms with Gasteiger partial charge in [-0.3, -0.25) is 4.79 Å². The van der Waals surface area contributed by atoms with Crippen LogP contribution in [0.15, 0.2) is 18.2 Å². The van der Waals surface area contributed by atoms with Crippen molar-refractivity contribution in [1.29, 1.82) is 0 Å². The van der Waals surface area contributed by atoms with E-state index >= 15 is 0 Å². The van der Waals surface area contributed by atoms with Gasteiger partial charge in [0.05, 0.1) is 6.61 Å². The van der Waals surface area contributed by atoms with E-state index < -0.39 is 12.2 Å². The molecule has 0 atom stereocenters. The number of ether oxygens (including phenoxy) is 3. The summed E-state index contributed by atoms with van der Waals surface area (Å²) in [5, 5.41) is 5.96. The van der Waals surface area contributed by atoms with E-state index in [4.69, 9.17) is 9.47 Å². The third kappa shape index (κ3) is 5.28. The van der Waals surface area contributed by atoms with Gasteiger partial charge in [0.15, 0.2) is 0 Å². The molecule has 0 bridgehead atoms. The van der Waals surface area contributed by atoms with Crippen molar-refractivity contribution in [2.45, 2.75) is 44.9 Å². The maximum Gasteiger partial charge on any atom is 0.387 e. The Kier molecular flexibility index (Phi) is 7.59. The fourth-order valence-electron chi connectivity index (χ4n) is 2.89. The summed E-state index contributed by atoms with van der Waals surface area (Å²) in [6.07, 6.45) is 1.91. The molecule has 1 fully saturated rings. The monoisotopic (exact) mass is 372 g/mol. The molecule has 1 amide bonds. The molecule has 8 heteroatoms. The number of carbonyl (C=O) groups excluding carboxylic acids is 1. The van der Waals surface area contributed by atoms with Crippen molar-refractivity contribution in [1.82, 2.24) is 10.6 Å². The lowest BCUT2D eigenvalue weighted by molar-refractivity contribution is -0.146. The van der Waals surface area contributed by atoms with E-state index in [1.807, 2.05) is 6.92 Å². The third-order valence-electron chi connectivity index (χ3n) is 4.38. The van der Waals surface area contributed by atoms with Gasteiger partial charge in [-0.2, -0.15) is 8.78 Å². The fourth-order valence-corrected chi connectivity index (χ4v) is 2.89. The van der Waals surface area contributed by atoms with Gasteiger partial charge in [-0.05, 0) is 44.5 Å². The first-order chi connectivity index (χ1) is 12.5. The van der Waals surface area contributed by atoms with Gasteiger partial charge < -0.3 is 24.8 Å². The van der Waals surface area contributed by atoms with Gasteiger partial charge in [0.2, 0.25) is 0 Å². The van der Waals surface area contributed by atoms with E-state index in [-0.39, 0.29) is 18.2 Å². The first kappa shape index (κ1) is 20.4. The number of halogens is 2. The summed E-state index contributed by atoms with van der Waals surface area (Å²) in [7, 11) is 1.51. The first-order valence-corrected chi connectivity index (χ1v) is 8.75. The molecular weight excluding hydrogens is 346 g/mol. The van der Waals surface area contributed by atoms with Gasteiger partial charge in [0.1, 0.15) is 17.1 Å². The second-order valence-electron chi connectivity index (χ2n) is 6.13. The van der Waals surface area contributed by atoms with Gasteiger partial charge in [-0.1, -0.05) is 6.92 Å². The van der Waals surface area contributed by atoms with Crippen LogP contribution in [0.2, 0.25) is 0 Å². The number of alkyl halides is 2. The number of methoxy groups -OCH3 is 1. The van der Waals surface area contributed by atoms with Crippen LogP contribution in [0.25, 0.3) is 0 Å². The van der Waals surface area contributed by atoms with Crippen molar-refractivity contribution in [3.63, 3.8) is 0 Å². The topological polar surface area (TPSA) is 68.8 Å². The Morgan fingerprint density at radius 1 is 1.35 bits per heavy atom. The average molecular weight is 372 g/mol. The van der Waals surface area contributed by atoms with Gasteiger partial charge in [-0.15, -0.1) is 0 Å². The van der Waals surface area contributed by atoms with E-state index in [1.165, 1.54) is 13.2 Å². The zero-order chi connectivity index (χ0) is 19.0. The van der Waals surface area contributed by atoms with E-state index in [0.29, 0.717) is 43.9 Å². The van der Waals surface area contributed by atoms with Crippen LogP contribution in [0.3, 0.4) is 0 Å². The third-order valence-corrected chi connectivity index (χ3v) is 4.38. The van der Waals surface area contributed by atoms with Gasteiger partial charge in [-0.25, -0.2) is 0 Å². The number of nitrogens with one attached hydrogen (secondary N) is 2. The predicted octanol–water partition coefficient (Wildman–Crippen LogP) is 2.46. The van der Waals surface area contributed by atoms with Gasteiger partial charge in [0, 0.05) is 25.3 Å². The summed E-state index contributed by atoms with van der Waals surface area (Å²) < 4.78 is 40.9. The zero-order valence-corrected chi connectivity index (χ0v) is 15.1. The molecule has 26 heavy (non-hydrogen) atoms. The van der Waals surface area contributed by atoms with Crippen LogP contribution in [0, 0.1) is 0 Å². The Labute approximate surface area is 152 Å². The fraction of sp³-hybridized carbons (Fsp3) is 0.611. The smallest absolute Gasteiger partial charge is 0.387 e. The molecule has 0 aliphatic carbocycles. The number of hydrogen-bond donors (Lipinski definition) is 2. The molecule has 0 aromatic heterocycles. The lowest BCUT2D eigenvalue weighted by Crippen LogP contribution is -2.53. The zero-order valence-electron chi connectivity index (χ0n) is 15.1. The number of hydrogen-bond acceptors (Lipinski definition) is 5. The Hall–Kier alpha value is -1.93. The van der Waals surface area contributed by atoms with Crippen molar-refractivity contribution in [2.75, 3.05) is 26.8 Å². The molecule has 1 aliphatic rings. The molecule has 1 saturated heterocycles. The minimum atomic E-state index is -2.96. The second-order valence-corrected chi connectivity index (χ2v) is 6.13. The number of carbonyl (C=O) groups is 1. The predicted molar refractivity (Wildman–Crippen MR) is 92.6 cm³/mol. The van der Waals surface area contributed by atoms with E-state index in [2.05, 4.69) is 15.4 Å². The van der Waals surface area contributed by atoms with Crippen molar-refractivity contribution >= 4 is 5.91 Å². The number of piperidine rings is 1. The SMILES string of the molecule is CCCOc1ccc(CNC(=O)C2(OC)CCNCC2)c(OC(F)F)c1. The first-order valence-electron chi connectivity index (χ1n) is 8.75. The molecule has 0 saturated carbocycles. The summed E-state index contributed by atoms with van der Waals surface area (Å²) in [5.74, 6) is 0.186. The largest absolute Gasteiger partial charge is 0.493 e. The summed E-state index contributed by atoms with van der Waals surface area (Å²) in [4.78, 5) is 12.6. The molecule has 2 N–H and O–H groups in total. The molecule has 2 rings (SSSR count). The van der Waals surface area contributed by atoms with Crippen LogP contribution in [-0.2, 0) is 16.1 Å². The summed E-state index contributed by atoms with van der Waals surface area (Å²) in [5.41, 5.74) is -0.443. The minimum Gasteiger partial charge on any atom is -0.493 e. The lowest BCUT2D eigenvalue weighted by Gasteiger charge is -2.34. The second kappa shape index (κ2) is 9.68. The number of rotatable bonds is 9. The van der Waals surface area contributed by atoms with E-state index in [0.717, 1.165) is 6.42 Å². The Balaban J connectivity index is 2.08. The lowest BCUT2D eigenvalue weighted by atomic mass is 9.91. The van der Waals surface area contributed by atoms with E-state index in [9.17, 15) is 13.6 Å². The number of amides is 1. The Morgan fingerprint density at radius 2 is 2.08 bits per heavy atom.